The number of rotatable bonds is 3. The van der Waals surface area contributed by atoms with E-state index in [0.717, 1.165) is 47.8 Å². The van der Waals surface area contributed by atoms with Crippen LogP contribution in [0.25, 0.3) is 22.2 Å². The standard InChI is InChI=1S/C18H19N3O2.ClH/c1-22-15-9-8-14(12-6-2-3-7-13(12)15)16-20-17(21-23-16)18(19)10-4-5-11-18;/h2-3,6-9H,4-5,10-11,19H2,1H3;1H. The summed E-state index contributed by atoms with van der Waals surface area (Å²) < 4.78 is 11.0. The van der Waals surface area contributed by atoms with Gasteiger partial charge in [0.15, 0.2) is 5.82 Å². The highest BCUT2D eigenvalue weighted by atomic mass is 35.5. The van der Waals surface area contributed by atoms with Crippen molar-refractivity contribution >= 4 is 23.2 Å². The molecule has 0 atom stereocenters. The smallest absolute Gasteiger partial charge is 0.258 e. The molecule has 4 rings (SSSR count). The summed E-state index contributed by atoms with van der Waals surface area (Å²) in [6.07, 6.45) is 4.06. The number of benzene rings is 2. The number of hydrogen-bond donors (Lipinski definition) is 1. The van der Waals surface area contributed by atoms with Gasteiger partial charge in [0.2, 0.25) is 0 Å². The van der Waals surface area contributed by atoms with Gasteiger partial charge in [0, 0.05) is 10.9 Å². The summed E-state index contributed by atoms with van der Waals surface area (Å²) in [4.78, 5) is 4.60. The Morgan fingerprint density at radius 1 is 1.08 bits per heavy atom. The van der Waals surface area contributed by atoms with Crippen LogP contribution in [0.3, 0.4) is 0 Å². The van der Waals surface area contributed by atoms with Crippen molar-refractivity contribution in [3.8, 4) is 17.2 Å². The van der Waals surface area contributed by atoms with Gasteiger partial charge in [0.1, 0.15) is 5.75 Å². The SMILES string of the molecule is COc1ccc(-c2nc(C3(N)CCCC3)no2)c2ccccc12.Cl. The van der Waals surface area contributed by atoms with Crippen LogP contribution < -0.4 is 10.5 Å². The van der Waals surface area contributed by atoms with Crippen molar-refractivity contribution in [3.63, 3.8) is 0 Å². The molecule has 0 aliphatic heterocycles. The van der Waals surface area contributed by atoms with Crippen molar-refractivity contribution in [2.75, 3.05) is 7.11 Å². The summed E-state index contributed by atoms with van der Waals surface area (Å²) in [5.74, 6) is 1.95. The second kappa shape index (κ2) is 6.42. The number of fused-ring (bicyclic) bond motifs is 1. The van der Waals surface area contributed by atoms with Crippen LogP contribution in [-0.4, -0.2) is 17.3 Å². The van der Waals surface area contributed by atoms with E-state index in [0.29, 0.717) is 11.7 Å². The molecule has 1 heterocycles. The molecule has 0 radical (unpaired) electrons. The molecule has 0 unspecified atom stereocenters. The number of hydrogen-bond acceptors (Lipinski definition) is 5. The Morgan fingerprint density at radius 3 is 2.50 bits per heavy atom. The van der Waals surface area contributed by atoms with Crippen LogP contribution in [0.2, 0.25) is 0 Å². The zero-order valence-electron chi connectivity index (χ0n) is 13.5. The lowest BCUT2D eigenvalue weighted by Gasteiger charge is -2.17. The van der Waals surface area contributed by atoms with Gasteiger partial charge in [-0.15, -0.1) is 12.4 Å². The van der Waals surface area contributed by atoms with Crippen molar-refractivity contribution < 1.29 is 9.26 Å². The van der Waals surface area contributed by atoms with E-state index in [9.17, 15) is 0 Å². The highest BCUT2D eigenvalue weighted by Gasteiger charge is 2.36. The fourth-order valence-corrected chi connectivity index (χ4v) is 3.40. The zero-order chi connectivity index (χ0) is 15.9. The predicted molar refractivity (Wildman–Crippen MR) is 95.4 cm³/mol. The van der Waals surface area contributed by atoms with Crippen LogP contribution in [0.5, 0.6) is 5.75 Å². The summed E-state index contributed by atoms with van der Waals surface area (Å²) in [7, 11) is 1.67. The van der Waals surface area contributed by atoms with Crippen LogP contribution in [-0.2, 0) is 5.54 Å². The normalized spacial score (nSPS) is 16.1. The quantitative estimate of drug-likeness (QED) is 0.775. The third kappa shape index (κ3) is 2.64. The number of aromatic nitrogens is 2. The Bertz CT molecular complexity index is 856. The molecular formula is C18H20ClN3O2. The molecule has 3 aromatic rings. The number of nitrogens with two attached hydrogens (primary N) is 1. The minimum atomic E-state index is -0.440. The van der Waals surface area contributed by atoms with Gasteiger partial charge in [0.25, 0.3) is 5.89 Å². The van der Waals surface area contributed by atoms with Gasteiger partial charge in [-0.05, 0) is 30.4 Å². The lowest BCUT2D eigenvalue weighted by atomic mass is 9.98. The molecule has 1 aromatic heterocycles. The van der Waals surface area contributed by atoms with Crippen LogP contribution in [0.4, 0.5) is 0 Å². The zero-order valence-corrected chi connectivity index (χ0v) is 14.3. The van der Waals surface area contributed by atoms with E-state index < -0.39 is 5.54 Å². The summed E-state index contributed by atoms with van der Waals surface area (Å²) in [6.45, 7) is 0. The largest absolute Gasteiger partial charge is 0.496 e. The van der Waals surface area contributed by atoms with E-state index in [4.69, 9.17) is 15.0 Å². The molecule has 5 nitrogen and oxygen atoms in total. The fourth-order valence-electron chi connectivity index (χ4n) is 3.40. The Kier molecular flexibility index (Phi) is 4.47. The molecule has 1 fully saturated rings. The van der Waals surface area contributed by atoms with Crippen LogP contribution in [0, 0.1) is 0 Å². The van der Waals surface area contributed by atoms with Gasteiger partial charge in [0.05, 0.1) is 12.6 Å². The molecule has 1 aliphatic carbocycles. The van der Waals surface area contributed by atoms with Gasteiger partial charge in [-0.25, -0.2) is 0 Å². The first-order valence-corrected chi connectivity index (χ1v) is 7.90. The van der Waals surface area contributed by atoms with E-state index in [2.05, 4.69) is 10.1 Å². The summed E-state index contributed by atoms with van der Waals surface area (Å²) in [5.41, 5.74) is 6.89. The molecule has 6 heteroatoms. The molecule has 0 amide bonds. The van der Waals surface area contributed by atoms with Gasteiger partial charge < -0.3 is 15.0 Å². The molecule has 126 valence electrons. The third-order valence-electron chi connectivity index (χ3n) is 4.70. The van der Waals surface area contributed by atoms with Gasteiger partial charge in [-0.3, -0.25) is 0 Å². The summed E-state index contributed by atoms with van der Waals surface area (Å²) in [5, 5.41) is 6.20. The average molecular weight is 346 g/mol. The van der Waals surface area contributed by atoms with Crippen molar-refractivity contribution in [2.24, 2.45) is 5.73 Å². The molecule has 2 aromatic carbocycles. The molecule has 0 bridgehead atoms. The van der Waals surface area contributed by atoms with Gasteiger partial charge in [-0.1, -0.05) is 42.3 Å². The maximum atomic E-state index is 6.43. The first kappa shape index (κ1) is 16.7. The maximum absolute atomic E-state index is 6.43. The predicted octanol–water partition coefficient (Wildman–Crippen LogP) is 4.05. The monoisotopic (exact) mass is 345 g/mol. The first-order valence-electron chi connectivity index (χ1n) is 7.90. The summed E-state index contributed by atoms with van der Waals surface area (Å²) >= 11 is 0. The average Bonchev–Trinajstić information content (AvgIpc) is 3.24. The topological polar surface area (TPSA) is 74.2 Å². The van der Waals surface area contributed by atoms with Crippen molar-refractivity contribution in [2.45, 2.75) is 31.2 Å². The molecule has 0 spiro atoms. The Morgan fingerprint density at radius 2 is 1.79 bits per heavy atom. The van der Waals surface area contributed by atoms with E-state index in [1.807, 2.05) is 36.4 Å². The van der Waals surface area contributed by atoms with Gasteiger partial charge in [-0.2, -0.15) is 4.98 Å². The van der Waals surface area contributed by atoms with Gasteiger partial charge >= 0.3 is 0 Å². The van der Waals surface area contributed by atoms with Crippen LogP contribution >= 0.6 is 12.4 Å². The Labute approximate surface area is 146 Å². The second-order valence-electron chi connectivity index (χ2n) is 6.15. The number of methoxy groups -OCH3 is 1. The Balaban J connectivity index is 0.00000169. The lowest BCUT2D eigenvalue weighted by Crippen LogP contribution is -2.34. The molecular weight excluding hydrogens is 326 g/mol. The minimum Gasteiger partial charge on any atom is -0.496 e. The van der Waals surface area contributed by atoms with E-state index in [1.54, 1.807) is 7.11 Å². The molecule has 1 aliphatic rings. The van der Waals surface area contributed by atoms with Crippen LogP contribution in [0.1, 0.15) is 31.5 Å². The molecule has 1 saturated carbocycles. The Hall–Kier alpha value is -2.11. The second-order valence-corrected chi connectivity index (χ2v) is 6.15. The van der Waals surface area contributed by atoms with Crippen LogP contribution in [0.15, 0.2) is 40.9 Å². The lowest BCUT2D eigenvalue weighted by molar-refractivity contribution is 0.373. The first-order chi connectivity index (χ1) is 11.2. The molecule has 0 saturated heterocycles. The van der Waals surface area contributed by atoms with Crippen molar-refractivity contribution in [1.29, 1.82) is 0 Å². The fraction of sp³-hybridized carbons (Fsp3) is 0.333. The maximum Gasteiger partial charge on any atom is 0.258 e. The number of halogens is 1. The molecule has 24 heavy (non-hydrogen) atoms. The minimum absolute atomic E-state index is 0. The number of nitrogens with zero attached hydrogens (tertiary/aromatic N) is 2. The number of ether oxygens (including phenoxy) is 1. The third-order valence-corrected chi connectivity index (χ3v) is 4.70. The van der Waals surface area contributed by atoms with E-state index in [-0.39, 0.29) is 12.4 Å². The highest BCUT2D eigenvalue weighted by Crippen LogP contribution is 2.37. The van der Waals surface area contributed by atoms with E-state index in [1.165, 1.54) is 0 Å². The van der Waals surface area contributed by atoms with Crippen molar-refractivity contribution in [3.05, 3.63) is 42.2 Å². The van der Waals surface area contributed by atoms with Crippen molar-refractivity contribution in [1.82, 2.24) is 10.1 Å². The van der Waals surface area contributed by atoms with E-state index >= 15 is 0 Å². The highest BCUT2D eigenvalue weighted by molar-refractivity contribution is 5.98. The summed E-state index contributed by atoms with van der Waals surface area (Å²) in [6, 6.07) is 11.9. The molecule has 2 N–H and O–H groups in total.